The second-order valence-corrected chi connectivity index (χ2v) is 8.27. The summed E-state index contributed by atoms with van der Waals surface area (Å²) in [6, 6.07) is 15.9. The smallest absolute Gasteiger partial charge is 0.416 e. The topological polar surface area (TPSA) is 58.3 Å². The van der Waals surface area contributed by atoms with Gasteiger partial charge in [0.2, 0.25) is 0 Å². The van der Waals surface area contributed by atoms with Crippen molar-refractivity contribution in [1.82, 2.24) is 4.90 Å². The molecule has 1 aliphatic rings. The molecule has 1 atom stereocenters. The number of hydrogen-bond donors (Lipinski definition) is 0. The second-order valence-electron chi connectivity index (χ2n) is 8.27. The number of nitrogens with zero attached hydrogens (tertiary/aromatic N) is 3. The minimum absolute atomic E-state index is 0.0316. The molecule has 1 aromatic heterocycles. The van der Waals surface area contributed by atoms with Gasteiger partial charge in [-0.1, -0.05) is 29.4 Å². The summed E-state index contributed by atoms with van der Waals surface area (Å²) in [5.41, 5.74) is 2.30. The molecular weight excluding hydrogens is 447 g/mol. The lowest BCUT2D eigenvalue weighted by Gasteiger charge is -2.24. The molecule has 178 valence electrons. The number of carbonyl (C=O) groups excluding carboxylic acids is 1. The summed E-state index contributed by atoms with van der Waals surface area (Å²) in [6.07, 6.45) is -3.06. The third kappa shape index (κ3) is 5.41. The van der Waals surface area contributed by atoms with Gasteiger partial charge in [0, 0.05) is 32.7 Å². The first kappa shape index (κ1) is 23.4. The minimum Gasteiger partial charge on any atom is -0.459 e. The van der Waals surface area contributed by atoms with Crippen LogP contribution in [0.2, 0.25) is 0 Å². The maximum Gasteiger partial charge on any atom is 0.416 e. The quantitative estimate of drug-likeness (QED) is 0.475. The SMILES string of the molecule is CN(C)c1ccc(C2=NOC(CN(Cc3cccc(C(F)(F)F)c3)C(=O)c3ccco3)C2)cc1. The molecule has 9 heteroatoms. The molecule has 0 aliphatic carbocycles. The Hall–Kier alpha value is -3.75. The Balaban J connectivity index is 1.49. The van der Waals surface area contributed by atoms with Crippen LogP contribution in [0.1, 0.15) is 33.7 Å². The van der Waals surface area contributed by atoms with Gasteiger partial charge < -0.3 is 19.1 Å². The first-order valence-corrected chi connectivity index (χ1v) is 10.7. The normalized spacial score (nSPS) is 15.6. The molecule has 0 N–H and O–H groups in total. The fourth-order valence-corrected chi connectivity index (χ4v) is 3.74. The van der Waals surface area contributed by atoms with Crippen LogP contribution < -0.4 is 4.90 Å². The molecule has 1 unspecified atom stereocenters. The first-order valence-electron chi connectivity index (χ1n) is 10.7. The lowest BCUT2D eigenvalue weighted by molar-refractivity contribution is -0.137. The predicted molar refractivity (Wildman–Crippen MR) is 122 cm³/mol. The van der Waals surface area contributed by atoms with Gasteiger partial charge in [-0.25, -0.2) is 0 Å². The molecule has 0 radical (unpaired) electrons. The number of benzene rings is 2. The molecule has 3 aromatic rings. The van der Waals surface area contributed by atoms with Gasteiger partial charge in [-0.2, -0.15) is 13.2 Å². The highest BCUT2D eigenvalue weighted by molar-refractivity contribution is 6.01. The summed E-state index contributed by atoms with van der Waals surface area (Å²) in [5.74, 6) is -0.333. The zero-order chi connectivity index (χ0) is 24.3. The summed E-state index contributed by atoms with van der Waals surface area (Å²) >= 11 is 0. The number of furan rings is 1. The molecule has 1 aliphatic heterocycles. The second kappa shape index (κ2) is 9.62. The van der Waals surface area contributed by atoms with Crippen molar-refractivity contribution < 1.29 is 27.2 Å². The highest BCUT2D eigenvalue weighted by Crippen LogP contribution is 2.30. The lowest BCUT2D eigenvalue weighted by atomic mass is 10.0. The van der Waals surface area contributed by atoms with Crippen LogP contribution in [-0.4, -0.2) is 43.3 Å². The van der Waals surface area contributed by atoms with Gasteiger partial charge in [-0.3, -0.25) is 4.79 Å². The van der Waals surface area contributed by atoms with E-state index in [0.29, 0.717) is 12.0 Å². The van der Waals surface area contributed by atoms with E-state index in [1.54, 1.807) is 12.1 Å². The van der Waals surface area contributed by atoms with E-state index in [9.17, 15) is 18.0 Å². The Kier molecular flexibility index (Phi) is 6.63. The fourth-order valence-electron chi connectivity index (χ4n) is 3.74. The summed E-state index contributed by atoms with van der Waals surface area (Å²) in [4.78, 5) is 22.0. The average Bonchev–Trinajstić information content (AvgIpc) is 3.50. The molecule has 0 spiro atoms. The zero-order valence-electron chi connectivity index (χ0n) is 18.7. The Labute approximate surface area is 195 Å². The molecule has 0 saturated carbocycles. The molecule has 0 fully saturated rings. The number of rotatable bonds is 7. The van der Waals surface area contributed by atoms with Crippen molar-refractivity contribution in [2.24, 2.45) is 5.16 Å². The van der Waals surface area contributed by atoms with Gasteiger partial charge in [0.05, 0.1) is 24.1 Å². The maximum atomic E-state index is 13.2. The standard InChI is InChI=1S/C25H24F3N3O3/c1-30(2)20-10-8-18(9-11-20)22-14-21(34-29-22)16-31(24(32)23-7-4-12-33-23)15-17-5-3-6-19(13-17)25(26,27)28/h3-13,21H,14-16H2,1-2H3. The summed E-state index contributed by atoms with van der Waals surface area (Å²) in [6.45, 7) is 0.106. The van der Waals surface area contributed by atoms with Gasteiger partial charge in [0.25, 0.3) is 5.91 Å². The molecule has 0 bridgehead atoms. The number of hydrogen-bond acceptors (Lipinski definition) is 5. The molecular formula is C25H24F3N3O3. The first-order chi connectivity index (χ1) is 16.2. The number of amides is 1. The number of anilines is 1. The van der Waals surface area contributed by atoms with Crippen LogP contribution >= 0.6 is 0 Å². The van der Waals surface area contributed by atoms with E-state index in [4.69, 9.17) is 9.25 Å². The van der Waals surface area contributed by atoms with E-state index >= 15 is 0 Å². The van der Waals surface area contributed by atoms with E-state index in [-0.39, 0.29) is 18.8 Å². The van der Waals surface area contributed by atoms with Gasteiger partial charge in [0.1, 0.15) is 0 Å². The maximum absolute atomic E-state index is 13.2. The highest BCUT2D eigenvalue weighted by Gasteiger charge is 2.32. The lowest BCUT2D eigenvalue weighted by Crippen LogP contribution is -2.37. The summed E-state index contributed by atoms with van der Waals surface area (Å²) < 4.78 is 44.7. The van der Waals surface area contributed by atoms with Crippen molar-refractivity contribution >= 4 is 17.3 Å². The van der Waals surface area contributed by atoms with Crippen LogP contribution in [0.25, 0.3) is 0 Å². The van der Waals surface area contributed by atoms with E-state index in [2.05, 4.69) is 5.16 Å². The fraction of sp³-hybridized carbons (Fsp3) is 0.280. The number of oxime groups is 1. The summed E-state index contributed by atoms with van der Waals surface area (Å²) in [5, 5.41) is 4.18. The van der Waals surface area contributed by atoms with Crippen molar-refractivity contribution in [3.8, 4) is 0 Å². The Morgan fingerprint density at radius 3 is 2.50 bits per heavy atom. The van der Waals surface area contributed by atoms with Crippen LogP contribution in [0.4, 0.5) is 18.9 Å². The van der Waals surface area contributed by atoms with E-state index in [0.717, 1.165) is 29.1 Å². The van der Waals surface area contributed by atoms with Crippen molar-refractivity contribution in [3.63, 3.8) is 0 Å². The number of halogens is 3. The number of alkyl halides is 3. The van der Waals surface area contributed by atoms with Crippen molar-refractivity contribution in [2.45, 2.75) is 25.2 Å². The molecule has 4 rings (SSSR count). The monoisotopic (exact) mass is 471 g/mol. The van der Waals surface area contributed by atoms with Crippen molar-refractivity contribution in [3.05, 3.63) is 89.4 Å². The van der Waals surface area contributed by atoms with E-state index < -0.39 is 23.8 Å². The number of carbonyl (C=O) groups is 1. The largest absolute Gasteiger partial charge is 0.459 e. The van der Waals surface area contributed by atoms with Crippen LogP contribution in [0.3, 0.4) is 0 Å². The molecule has 6 nitrogen and oxygen atoms in total. The van der Waals surface area contributed by atoms with Gasteiger partial charge >= 0.3 is 6.18 Å². The van der Waals surface area contributed by atoms with E-state index in [1.807, 2.05) is 43.3 Å². The Morgan fingerprint density at radius 1 is 1.09 bits per heavy atom. The zero-order valence-corrected chi connectivity index (χ0v) is 18.7. The molecule has 2 aromatic carbocycles. The molecule has 1 amide bonds. The molecule has 34 heavy (non-hydrogen) atoms. The van der Waals surface area contributed by atoms with Crippen molar-refractivity contribution in [1.29, 1.82) is 0 Å². The van der Waals surface area contributed by atoms with Crippen LogP contribution in [0.15, 0.2) is 76.5 Å². The molecule has 2 heterocycles. The Bertz CT molecular complexity index is 1160. The van der Waals surface area contributed by atoms with E-state index in [1.165, 1.54) is 23.3 Å². The molecule has 0 saturated heterocycles. The Morgan fingerprint density at radius 2 is 1.85 bits per heavy atom. The predicted octanol–water partition coefficient (Wildman–Crippen LogP) is 5.20. The van der Waals surface area contributed by atoms with Gasteiger partial charge in [-0.15, -0.1) is 0 Å². The van der Waals surface area contributed by atoms with Crippen LogP contribution in [0, 0.1) is 0 Å². The van der Waals surface area contributed by atoms with Crippen LogP contribution in [0.5, 0.6) is 0 Å². The van der Waals surface area contributed by atoms with Crippen molar-refractivity contribution in [2.75, 3.05) is 25.5 Å². The third-order valence-corrected chi connectivity index (χ3v) is 5.52. The highest BCUT2D eigenvalue weighted by atomic mass is 19.4. The van der Waals surface area contributed by atoms with Gasteiger partial charge in [-0.05, 0) is 47.5 Å². The van der Waals surface area contributed by atoms with Crippen LogP contribution in [-0.2, 0) is 17.6 Å². The minimum atomic E-state index is -4.47. The third-order valence-electron chi connectivity index (χ3n) is 5.52. The van der Waals surface area contributed by atoms with Gasteiger partial charge in [0.15, 0.2) is 11.9 Å². The summed E-state index contributed by atoms with van der Waals surface area (Å²) in [7, 11) is 3.91. The average molecular weight is 471 g/mol.